The van der Waals surface area contributed by atoms with Crippen LogP contribution in [0.15, 0.2) is 51.7 Å². The zero-order valence-corrected chi connectivity index (χ0v) is 16.7. The van der Waals surface area contributed by atoms with Gasteiger partial charge in [0, 0.05) is 11.6 Å². The summed E-state index contributed by atoms with van der Waals surface area (Å²) in [6, 6.07) is 10.2. The van der Waals surface area contributed by atoms with Crippen LogP contribution in [0.25, 0.3) is 21.9 Å². The molecule has 4 aromatic rings. The van der Waals surface area contributed by atoms with Gasteiger partial charge in [0.25, 0.3) is 0 Å². The Bertz CT molecular complexity index is 1420. The molecule has 164 valence electrons. The van der Waals surface area contributed by atoms with Crippen LogP contribution in [0.4, 0.5) is 0 Å². The first kappa shape index (κ1) is 19.8. The van der Waals surface area contributed by atoms with Crippen LogP contribution in [0, 0.1) is 0 Å². The van der Waals surface area contributed by atoms with Gasteiger partial charge in [-0.25, -0.2) is 0 Å². The molecule has 2 atom stereocenters. The van der Waals surface area contributed by atoms with Crippen molar-refractivity contribution in [1.82, 2.24) is 0 Å². The van der Waals surface area contributed by atoms with Crippen LogP contribution in [0.3, 0.4) is 0 Å². The monoisotopic (exact) mass is 438 g/mol. The fraction of sp³-hybridized carbons (Fsp3) is 0.174. The minimum atomic E-state index is -0.909. The first-order chi connectivity index (χ1) is 15.4. The number of aromatic hydroxyl groups is 3. The molecule has 0 spiro atoms. The Morgan fingerprint density at radius 3 is 2.50 bits per heavy atom. The lowest BCUT2D eigenvalue weighted by atomic mass is 10.0. The molecule has 9 nitrogen and oxygen atoms in total. The topological polar surface area (TPSA) is 139 Å². The SMILES string of the molecule is COc1ccc(C2Oc3cc(O)c4c(=O)c5c(O)cccc5oc4c3OC2CO)cc1O. The summed E-state index contributed by atoms with van der Waals surface area (Å²) in [5.41, 5.74) is -0.109. The summed E-state index contributed by atoms with van der Waals surface area (Å²) in [7, 11) is 1.42. The van der Waals surface area contributed by atoms with Crippen molar-refractivity contribution in [3.63, 3.8) is 0 Å². The number of fused-ring (bicyclic) bond motifs is 4. The molecular weight excluding hydrogens is 420 g/mol. The lowest BCUT2D eigenvalue weighted by Gasteiger charge is -2.33. The van der Waals surface area contributed by atoms with E-state index < -0.39 is 30.0 Å². The Balaban J connectivity index is 1.70. The van der Waals surface area contributed by atoms with E-state index in [0.29, 0.717) is 5.56 Å². The van der Waals surface area contributed by atoms with E-state index in [9.17, 15) is 25.2 Å². The van der Waals surface area contributed by atoms with Gasteiger partial charge in [0.1, 0.15) is 27.9 Å². The van der Waals surface area contributed by atoms with E-state index in [1.807, 2.05) is 0 Å². The van der Waals surface area contributed by atoms with Crippen LogP contribution in [-0.4, -0.2) is 40.2 Å². The molecule has 4 N–H and O–H groups in total. The lowest BCUT2D eigenvalue weighted by Crippen LogP contribution is -2.36. The van der Waals surface area contributed by atoms with Crippen LogP contribution in [0.1, 0.15) is 11.7 Å². The highest BCUT2D eigenvalue weighted by atomic mass is 16.6. The maximum atomic E-state index is 13.0. The van der Waals surface area contributed by atoms with Crippen LogP contribution in [0.5, 0.6) is 34.5 Å². The van der Waals surface area contributed by atoms with Crippen molar-refractivity contribution in [1.29, 1.82) is 0 Å². The summed E-state index contributed by atoms with van der Waals surface area (Å²) in [5.74, 6) is -0.419. The molecule has 2 heterocycles. The average Bonchev–Trinajstić information content (AvgIpc) is 2.78. The molecule has 9 heteroatoms. The Morgan fingerprint density at radius 2 is 1.78 bits per heavy atom. The second kappa shape index (κ2) is 7.24. The number of aliphatic hydroxyl groups excluding tert-OH is 1. The number of hydrogen-bond acceptors (Lipinski definition) is 9. The van der Waals surface area contributed by atoms with Crippen molar-refractivity contribution in [2.75, 3.05) is 13.7 Å². The fourth-order valence-electron chi connectivity index (χ4n) is 3.91. The highest BCUT2D eigenvalue weighted by Gasteiger charge is 2.36. The second-order valence-electron chi connectivity index (χ2n) is 7.32. The molecule has 0 fully saturated rings. The van der Waals surface area contributed by atoms with Gasteiger partial charge >= 0.3 is 0 Å². The van der Waals surface area contributed by atoms with Crippen LogP contribution in [0.2, 0.25) is 0 Å². The number of benzene rings is 3. The molecule has 0 saturated heterocycles. The van der Waals surface area contributed by atoms with Crippen molar-refractivity contribution in [2.45, 2.75) is 12.2 Å². The van der Waals surface area contributed by atoms with Gasteiger partial charge < -0.3 is 39.1 Å². The van der Waals surface area contributed by atoms with Gasteiger partial charge in [-0.3, -0.25) is 4.79 Å². The number of ether oxygens (including phenoxy) is 3. The third-order valence-corrected chi connectivity index (χ3v) is 5.42. The van der Waals surface area contributed by atoms with Crippen molar-refractivity contribution in [3.8, 4) is 34.5 Å². The molecule has 0 saturated carbocycles. The first-order valence-corrected chi connectivity index (χ1v) is 9.68. The van der Waals surface area contributed by atoms with Gasteiger partial charge in [-0.05, 0) is 24.3 Å². The highest BCUT2D eigenvalue weighted by molar-refractivity contribution is 5.99. The number of methoxy groups -OCH3 is 1. The molecule has 0 amide bonds. The molecule has 0 radical (unpaired) electrons. The fourth-order valence-corrected chi connectivity index (χ4v) is 3.91. The number of hydrogen-bond donors (Lipinski definition) is 4. The predicted octanol–water partition coefficient (Wildman–Crippen LogP) is 2.95. The molecule has 0 aliphatic carbocycles. The van der Waals surface area contributed by atoms with Crippen molar-refractivity contribution < 1.29 is 39.1 Å². The van der Waals surface area contributed by atoms with Crippen molar-refractivity contribution in [2.24, 2.45) is 0 Å². The Kier molecular flexibility index (Phi) is 4.49. The van der Waals surface area contributed by atoms with E-state index in [1.54, 1.807) is 12.1 Å². The Morgan fingerprint density at radius 1 is 0.969 bits per heavy atom. The summed E-state index contributed by atoms with van der Waals surface area (Å²) >= 11 is 0. The summed E-state index contributed by atoms with van der Waals surface area (Å²) < 4.78 is 22.8. The van der Waals surface area contributed by atoms with Crippen LogP contribution in [-0.2, 0) is 0 Å². The lowest BCUT2D eigenvalue weighted by molar-refractivity contribution is -0.0119. The van der Waals surface area contributed by atoms with Gasteiger partial charge in [0.15, 0.2) is 35.0 Å². The van der Waals surface area contributed by atoms with E-state index in [-0.39, 0.29) is 50.7 Å². The smallest absolute Gasteiger partial charge is 0.208 e. The van der Waals surface area contributed by atoms with Gasteiger partial charge in [-0.1, -0.05) is 12.1 Å². The zero-order valence-electron chi connectivity index (χ0n) is 16.7. The average molecular weight is 438 g/mol. The third kappa shape index (κ3) is 2.86. The molecule has 2 unspecified atom stereocenters. The standard InChI is InChI=1S/C23H18O9/c1-29-14-6-5-10(7-12(14)26)21-17(9-24)32-22-16(31-21)8-13(27)19-20(28)18-11(25)3-2-4-15(18)30-23(19)22/h2-8,17,21,24-27H,9H2,1H3. The Hall–Kier alpha value is -4.11. The molecule has 3 aromatic carbocycles. The summed E-state index contributed by atoms with van der Waals surface area (Å²) in [5, 5.41) is 40.5. The van der Waals surface area contributed by atoms with Crippen LogP contribution >= 0.6 is 0 Å². The maximum Gasteiger partial charge on any atom is 0.208 e. The Labute approximate surface area is 180 Å². The molecule has 1 aliphatic rings. The van der Waals surface area contributed by atoms with E-state index in [4.69, 9.17) is 18.6 Å². The number of phenolic OH excluding ortho intramolecular Hbond substituents is 3. The van der Waals surface area contributed by atoms with Crippen molar-refractivity contribution >= 4 is 21.9 Å². The first-order valence-electron chi connectivity index (χ1n) is 9.68. The van der Waals surface area contributed by atoms with Gasteiger partial charge in [0.05, 0.1) is 13.7 Å². The zero-order chi connectivity index (χ0) is 22.6. The van der Waals surface area contributed by atoms with E-state index in [1.165, 1.54) is 37.4 Å². The highest BCUT2D eigenvalue weighted by Crippen LogP contribution is 2.48. The molecule has 0 bridgehead atoms. The predicted molar refractivity (Wildman–Crippen MR) is 113 cm³/mol. The van der Waals surface area contributed by atoms with Gasteiger partial charge in [0.2, 0.25) is 11.2 Å². The van der Waals surface area contributed by atoms with E-state index >= 15 is 0 Å². The van der Waals surface area contributed by atoms with Gasteiger partial charge in [-0.15, -0.1) is 0 Å². The molecule has 1 aliphatic heterocycles. The molecule has 1 aromatic heterocycles. The molecule has 5 rings (SSSR count). The maximum absolute atomic E-state index is 13.0. The van der Waals surface area contributed by atoms with E-state index in [2.05, 4.69) is 0 Å². The van der Waals surface area contributed by atoms with E-state index in [0.717, 1.165) is 0 Å². The minimum absolute atomic E-state index is 0.0353. The summed E-state index contributed by atoms with van der Waals surface area (Å²) in [6.45, 7) is -0.447. The summed E-state index contributed by atoms with van der Waals surface area (Å²) in [4.78, 5) is 13.0. The normalized spacial score (nSPS) is 17.6. The van der Waals surface area contributed by atoms with Gasteiger partial charge in [-0.2, -0.15) is 0 Å². The van der Waals surface area contributed by atoms with Crippen LogP contribution < -0.4 is 19.6 Å². The summed E-state index contributed by atoms with van der Waals surface area (Å²) in [6.07, 6.45) is -1.74. The molecule has 32 heavy (non-hydrogen) atoms. The third-order valence-electron chi connectivity index (χ3n) is 5.42. The number of rotatable bonds is 3. The minimum Gasteiger partial charge on any atom is -0.507 e. The largest absolute Gasteiger partial charge is 0.507 e. The quantitative estimate of drug-likeness (QED) is 0.356. The molecular formula is C23H18O9. The number of phenols is 3. The van der Waals surface area contributed by atoms with Crippen molar-refractivity contribution in [3.05, 3.63) is 58.3 Å². The number of aliphatic hydroxyl groups is 1. The second-order valence-corrected chi connectivity index (χ2v) is 7.32.